The van der Waals surface area contributed by atoms with Crippen LogP contribution in [0, 0.1) is 7.14 Å². The molecule has 3 aromatic carbocycles. The third-order valence-corrected chi connectivity index (χ3v) is 6.84. The molecule has 0 bridgehead atoms. The summed E-state index contributed by atoms with van der Waals surface area (Å²) in [4.78, 5) is 13.4. The van der Waals surface area contributed by atoms with Gasteiger partial charge in [0.1, 0.15) is 17.1 Å². The van der Waals surface area contributed by atoms with Crippen molar-refractivity contribution in [1.82, 2.24) is 0 Å². The van der Waals surface area contributed by atoms with E-state index >= 15 is 0 Å². The van der Waals surface area contributed by atoms with Crippen LogP contribution in [0.25, 0.3) is 11.0 Å². The van der Waals surface area contributed by atoms with Crippen LogP contribution in [0.2, 0.25) is 0 Å². The van der Waals surface area contributed by atoms with E-state index in [0.717, 1.165) is 23.8 Å². The number of hydrogen-bond acceptors (Lipinski definition) is 3. The maximum absolute atomic E-state index is 13.4. The van der Waals surface area contributed by atoms with E-state index in [4.69, 9.17) is 4.42 Å². The number of fused-ring (bicyclic) bond motifs is 1. The largest absolute Gasteiger partial charge is 0.506 e. The number of phenolic OH excluding ortho intramolecular Hbond substituents is 1. The fraction of sp³-hybridized carbons (Fsp3) is 0.160. The Morgan fingerprint density at radius 3 is 2.27 bits per heavy atom. The van der Waals surface area contributed by atoms with Gasteiger partial charge in [0.05, 0.1) is 12.7 Å². The summed E-state index contributed by atoms with van der Waals surface area (Å²) < 4.78 is 7.42. The summed E-state index contributed by atoms with van der Waals surface area (Å²) in [7, 11) is 0. The summed E-state index contributed by atoms with van der Waals surface area (Å²) in [6.07, 6.45) is 2.52. The number of carbonyl (C=O) groups is 1. The average Bonchev–Trinajstić information content (AvgIpc) is 3.13. The van der Waals surface area contributed by atoms with E-state index in [1.54, 1.807) is 12.1 Å². The molecule has 0 unspecified atom stereocenters. The predicted molar refractivity (Wildman–Crippen MR) is 136 cm³/mol. The highest BCUT2D eigenvalue weighted by Gasteiger charge is 2.22. The van der Waals surface area contributed by atoms with Crippen LogP contribution in [-0.2, 0) is 19.3 Å². The fourth-order valence-corrected chi connectivity index (χ4v) is 5.39. The lowest BCUT2D eigenvalue weighted by atomic mass is 9.97. The number of carbonyl (C=O) groups excluding carboxylic acids is 1. The summed E-state index contributed by atoms with van der Waals surface area (Å²) in [5, 5.41) is 10.9. The van der Waals surface area contributed by atoms with Gasteiger partial charge < -0.3 is 9.52 Å². The maximum atomic E-state index is 13.4. The molecule has 0 spiro atoms. The van der Waals surface area contributed by atoms with Crippen LogP contribution in [0.5, 0.6) is 5.75 Å². The number of furan rings is 1. The summed E-state index contributed by atoms with van der Waals surface area (Å²) in [6, 6.07) is 20.0. The minimum atomic E-state index is -0.0709. The van der Waals surface area contributed by atoms with Gasteiger partial charge in [-0.25, -0.2) is 0 Å². The first-order valence-corrected chi connectivity index (χ1v) is 11.9. The molecule has 1 N–H and O–H groups in total. The highest BCUT2D eigenvalue weighted by Crippen LogP contribution is 2.33. The molecule has 4 rings (SSSR count). The lowest BCUT2D eigenvalue weighted by molar-refractivity contribution is 0.103. The molecule has 0 radical (unpaired) electrons. The van der Waals surface area contributed by atoms with Crippen molar-refractivity contribution in [3.63, 3.8) is 0 Å². The molecule has 5 heteroatoms. The molecule has 0 aliphatic carbocycles. The lowest BCUT2D eigenvalue weighted by Gasteiger charge is -2.06. The number of aryl methyl sites for hydroxylation is 3. The molecule has 0 aliphatic heterocycles. The zero-order valence-electron chi connectivity index (χ0n) is 16.4. The van der Waals surface area contributed by atoms with Crippen LogP contribution in [0.15, 0.2) is 65.1 Å². The van der Waals surface area contributed by atoms with Gasteiger partial charge in [-0.15, -0.1) is 0 Å². The molecule has 1 heterocycles. The van der Waals surface area contributed by atoms with Gasteiger partial charge in [0.2, 0.25) is 0 Å². The number of aromatic hydroxyl groups is 1. The van der Waals surface area contributed by atoms with E-state index in [2.05, 4.69) is 81.6 Å². The minimum Gasteiger partial charge on any atom is -0.506 e. The van der Waals surface area contributed by atoms with E-state index in [-0.39, 0.29) is 11.5 Å². The monoisotopic (exact) mass is 622 g/mol. The Hall–Kier alpha value is -1.87. The molecule has 4 aromatic rings. The molecule has 0 saturated heterocycles. The second kappa shape index (κ2) is 9.09. The normalized spacial score (nSPS) is 11.2. The number of phenols is 1. The Kier molecular flexibility index (Phi) is 6.48. The smallest absolute Gasteiger partial charge is 0.197 e. The van der Waals surface area contributed by atoms with E-state index in [1.165, 1.54) is 11.1 Å². The van der Waals surface area contributed by atoms with Gasteiger partial charge in [0.25, 0.3) is 0 Å². The Bertz CT molecular complexity index is 1200. The van der Waals surface area contributed by atoms with Crippen LogP contribution in [-0.4, -0.2) is 10.9 Å². The first kappa shape index (κ1) is 21.4. The number of ketones is 1. The van der Waals surface area contributed by atoms with Crippen molar-refractivity contribution in [1.29, 1.82) is 0 Å². The van der Waals surface area contributed by atoms with E-state index in [0.29, 0.717) is 30.4 Å². The molecule has 3 nitrogen and oxygen atoms in total. The van der Waals surface area contributed by atoms with Crippen molar-refractivity contribution in [2.24, 2.45) is 0 Å². The Labute approximate surface area is 202 Å². The molecule has 0 fully saturated rings. The summed E-state index contributed by atoms with van der Waals surface area (Å²) in [6.45, 7) is 2.00. The third-order valence-electron chi connectivity index (χ3n) is 5.20. The maximum Gasteiger partial charge on any atom is 0.197 e. The number of benzene rings is 3. The summed E-state index contributed by atoms with van der Waals surface area (Å²) in [5.74, 6) is 0.843. The number of rotatable bonds is 6. The van der Waals surface area contributed by atoms with Gasteiger partial charge in [-0.3, -0.25) is 4.79 Å². The Balaban J connectivity index is 1.69. The third kappa shape index (κ3) is 4.27. The molecular formula is C25H20I2O3. The highest BCUT2D eigenvalue weighted by molar-refractivity contribution is 14.1. The van der Waals surface area contributed by atoms with Gasteiger partial charge in [-0.1, -0.05) is 49.4 Å². The van der Waals surface area contributed by atoms with Gasteiger partial charge in [-0.05, 0) is 87.3 Å². The van der Waals surface area contributed by atoms with E-state index < -0.39 is 0 Å². The fourth-order valence-electron chi connectivity index (χ4n) is 3.62. The van der Waals surface area contributed by atoms with Crippen LogP contribution in [0.1, 0.15) is 39.7 Å². The molecule has 152 valence electrons. The van der Waals surface area contributed by atoms with Crippen molar-refractivity contribution in [3.8, 4) is 5.75 Å². The molecular weight excluding hydrogens is 602 g/mol. The van der Waals surface area contributed by atoms with Crippen molar-refractivity contribution < 1.29 is 14.3 Å². The molecule has 0 aliphatic rings. The molecule has 30 heavy (non-hydrogen) atoms. The van der Waals surface area contributed by atoms with Gasteiger partial charge in [0.15, 0.2) is 5.78 Å². The summed E-state index contributed by atoms with van der Waals surface area (Å²) in [5.41, 5.74) is 4.43. The molecule has 0 saturated carbocycles. The van der Waals surface area contributed by atoms with Gasteiger partial charge in [-0.2, -0.15) is 0 Å². The number of hydrogen-bond donors (Lipinski definition) is 1. The molecule has 0 atom stereocenters. The second-order valence-electron chi connectivity index (χ2n) is 7.19. The lowest BCUT2D eigenvalue weighted by Crippen LogP contribution is -2.04. The van der Waals surface area contributed by atoms with Crippen molar-refractivity contribution >= 4 is 61.9 Å². The van der Waals surface area contributed by atoms with E-state index in [1.807, 2.05) is 19.1 Å². The van der Waals surface area contributed by atoms with Gasteiger partial charge in [0, 0.05) is 17.4 Å². The minimum absolute atomic E-state index is 0.0709. The first-order valence-electron chi connectivity index (χ1n) is 9.79. The predicted octanol–water partition coefficient (Wildman–Crippen LogP) is 6.93. The second-order valence-corrected chi connectivity index (χ2v) is 9.51. The van der Waals surface area contributed by atoms with Crippen LogP contribution in [0.4, 0.5) is 0 Å². The van der Waals surface area contributed by atoms with Crippen molar-refractivity contribution in [2.45, 2.75) is 26.2 Å². The average molecular weight is 622 g/mol. The molecule has 1 aromatic heterocycles. The highest BCUT2D eigenvalue weighted by atomic mass is 127. The summed E-state index contributed by atoms with van der Waals surface area (Å²) >= 11 is 4.10. The topological polar surface area (TPSA) is 50.4 Å². The van der Waals surface area contributed by atoms with Crippen LogP contribution in [0.3, 0.4) is 0 Å². The Morgan fingerprint density at radius 1 is 0.933 bits per heavy atom. The zero-order chi connectivity index (χ0) is 21.3. The number of halogens is 2. The van der Waals surface area contributed by atoms with Crippen LogP contribution < -0.4 is 0 Å². The zero-order valence-corrected chi connectivity index (χ0v) is 20.7. The van der Waals surface area contributed by atoms with Gasteiger partial charge >= 0.3 is 0 Å². The SMILES string of the molecule is CCc1oc2cc(CCc3ccccc3)ccc2c1C(=O)c1cc(I)c(O)c(I)c1. The quantitative estimate of drug-likeness (QED) is 0.188. The first-order chi connectivity index (χ1) is 14.5. The molecule has 0 amide bonds. The standard InChI is InChI=1S/C25H20I2O3/c1-2-21-23(24(28)17-13-19(26)25(29)20(27)14-17)18-11-10-16(12-22(18)30-21)9-8-15-6-4-3-5-7-15/h3-7,10-14,29H,2,8-9H2,1H3. The van der Waals surface area contributed by atoms with E-state index in [9.17, 15) is 9.90 Å². The van der Waals surface area contributed by atoms with Crippen LogP contribution >= 0.6 is 45.2 Å². The van der Waals surface area contributed by atoms with Crippen molar-refractivity contribution in [3.05, 3.63) is 95.8 Å². The Morgan fingerprint density at radius 2 is 1.60 bits per heavy atom. The van der Waals surface area contributed by atoms with Crippen molar-refractivity contribution in [2.75, 3.05) is 0 Å².